The maximum atomic E-state index is 12.9. The van der Waals surface area contributed by atoms with E-state index in [1.54, 1.807) is 24.0 Å². The number of carbonyl (C=O) groups is 1. The van der Waals surface area contributed by atoms with Crippen molar-refractivity contribution in [2.45, 2.75) is 20.8 Å². The maximum absolute atomic E-state index is 12.9. The van der Waals surface area contributed by atoms with Crippen molar-refractivity contribution in [3.63, 3.8) is 0 Å². The molecule has 0 aliphatic carbocycles. The normalized spacial score (nSPS) is 11.3. The Labute approximate surface area is 202 Å². The number of aromatic nitrogens is 4. The number of nitrogens with one attached hydrogen (secondary N) is 2. The van der Waals surface area contributed by atoms with Crippen LogP contribution in [0.4, 0.5) is 0 Å². The number of hydrogen-bond acceptors (Lipinski definition) is 4. The van der Waals surface area contributed by atoms with E-state index in [9.17, 15) is 9.59 Å². The van der Waals surface area contributed by atoms with Crippen LogP contribution in [0.2, 0.25) is 0 Å². The summed E-state index contributed by atoms with van der Waals surface area (Å²) in [5, 5.41) is 8.95. The van der Waals surface area contributed by atoms with Crippen LogP contribution in [0.1, 0.15) is 28.5 Å². The van der Waals surface area contributed by atoms with E-state index < -0.39 is 0 Å². The van der Waals surface area contributed by atoms with Crippen LogP contribution in [-0.4, -0.2) is 31.8 Å². The SMILES string of the molecule is CCNC(=O)c1cc2c(-c3cc4nn(C)cc4cc3Oc3c(C)cccc3C)cn(C)c(=O)c2[nH]1. The predicted octanol–water partition coefficient (Wildman–Crippen LogP) is 4.58. The van der Waals surface area contributed by atoms with Gasteiger partial charge in [-0.25, -0.2) is 0 Å². The third-order valence-electron chi connectivity index (χ3n) is 6.18. The number of benzene rings is 2. The van der Waals surface area contributed by atoms with E-state index in [1.165, 1.54) is 4.57 Å². The molecule has 0 bridgehead atoms. The third-order valence-corrected chi connectivity index (χ3v) is 6.18. The van der Waals surface area contributed by atoms with Gasteiger partial charge in [0, 0.05) is 54.9 Å². The lowest BCUT2D eigenvalue weighted by molar-refractivity contribution is 0.0951. The van der Waals surface area contributed by atoms with Gasteiger partial charge < -0.3 is 19.6 Å². The van der Waals surface area contributed by atoms with Crippen molar-refractivity contribution < 1.29 is 9.53 Å². The number of fused-ring (bicyclic) bond motifs is 2. The van der Waals surface area contributed by atoms with Gasteiger partial charge in [-0.2, -0.15) is 5.10 Å². The smallest absolute Gasteiger partial charge is 0.274 e. The molecule has 0 unspecified atom stereocenters. The molecule has 178 valence electrons. The Morgan fingerprint density at radius 3 is 2.54 bits per heavy atom. The number of pyridine rings is 1. The second kappa shape index (κ2) is 8.47. The molecule has 5 aromatic rings. The molecule has 5 rings (SSSR count). The minimum atomic E-state index is -0.260. The van der Waals surface area contributed by atoms with Gasteiger partial charge in [-0.05, 0) is 50.1 Å². The molecule has 35 heavy (non-hydrogen) atoms. The van der Waals surface area contributed by atoms with E-state index in [0.29, 0.717) is 28.9 Å². The number of ether oxygens (including phenoxy) is 1. The Morgan fingerprint density at radius 2 is 1.83 bits per heavy atom. The lowest BCUT2D eigenvalue weighted by atomic mass is 10.0. The minimum Gasteiger partial charge on any atom is -0.456 e. The summed E-state index contributed by atoms with van der Waals surface area (Å²) in [5.41, 5.74) is 4.88. The minimum absolute atomic E-state index is 0.213. The summed E-state index contributed by atoms with van der Waals surface area (Å²) in [5.74, 6) is 1.17. The number of aromatic amines is 1. The summed E-state index contributed by atoms with van der Waals surface area (Å²) >= 11 is 0. The summed E-state index contributed by atoms with van der Waals surface area (Å²) in [6.45, 7) is 6.37. The van der Waals surface area contributed by atoms with Crippen LogP contribution < -0.4 is 15.6 Å². The molecule has 0 spiro atoms. The van der Waals surface area contributed by atoms with Crippen LogP contribution in [0.3, 0.4) is 0 Å². The van der Waals surface area contributed by atoms with Crippen molar-refractivity contribution >= 4 is 27.7 Å². The van der Waals surface area contributed by atoms with Gasteiger partial charge in [-0.15, -0.1) is 0 Å². The average Bonchev–Trinajstić information content (AvgIpc) is 3.41. The van der Waals surface area contributed by atoms with Crippen molar-refractivity contribution in [2.24, 2.45) is 14.1 Å². The quantitative estimate of drug-likeness (QED) is 0.394. The summed E-state index contributed by atoms with van der Waals surface area (Å²) in [4.78, 5) is 28.5. The van der Waals surface area contributed by atoms with Crippen LogP contribution in [-0.2, 0) is 14.1 Å². The van der Waals surface area contributed by atoms with E-state index in [4.69, 9.17) is 4.74 Å². The Bertz CT molecular complexity index is 1650. The molecule has 3 heterocycles. The molecule has 0 saturated heterocycles. The lowest BCUT2D eigenvalue weighted by Gasteiger charge is -2.16. The van der Waals surface area contributed by atoms with Crippen molar-refractivity contribution in [1.29, 1.82) is 0 Å². The van der Waals surface area contributed by atoms with E-state index in [-0.39, 0.29) is 11.5 Å². The molecule has 0 aliphatic heterocycles. The monoisotopic (exact) mass is 469 g/mol. The first-order chi connectivity index (χ1) is 16.8. The molecular formula is C27H27N5O3. The number of nitrogens with zero attached hydrogens (tertiary/aromatic N) is 3. The van der Waals surface area contributed by atoms with Crippen molar-refractivity contribution in [3.05, 3.63) is 76.0 Å². The highest BCUT2D eigenvalue weighted by Crippen LogP contribution is 2.40. The Kier molecular flexibility index (Phi) is 5.43. The van der Waals surface area contributed by atoms with Crippen molar-refractivity contribution in [2.75, 3.05) is 6.54 Å². The molecule has 0 saturated carbocycles. The number of carbonyl (C=O) groups excluding carboxylic acids is 1. The highest BCUT2D eigenvalue weighted by molar-refractivity contribution is 6.04. The molecule has 0 atom stereocenters. The molecule has 0 aliphatic rings. The molecule has 8 heteroatoms. The van der Waals surface area contributed by atoms with Gasteiger partial charge in [0.25, 0.3) is 11.5 Å². The van der Waals surface area contributed by atoms with E-state index in [0.717, 1.165) is 38.9 Å². The molecule has 0 fully saturated rings. The predicted molar refractivity (Wildman–Crippen MR) is 137 cm³/mol. The fourth-order valence-electron chi connectivity index (χ4n) is 4.47. The lowest BCUT2D eigenvalue weighted by Crippen LogP contribution is -2.23. The number of aryl methyl sites for hydroxylation is 4. The number of rotatable bonds is 5. The molecule has 1 amide bonds. The largest absolute Gasteiger partial charge is 0.456 e. The molecule has 2 N–H and O–H groups in total. The topological polar surface area (TPSA) is 93.9 Å². The van der Waals surface area contributed by atoms with E-state index in [1.807, 2.05) is 64.3 Å². The zero-order chi connectivity index (χ0) is 24.9. The number of hydrogen-bond donors (Lipinski definition) is 2. The first-order valence-corrected chi connectivity index (χ1v) is 11.5. The van der Waals surface area contributed by atoms with Crippen LogP contribution >= 0.6 is 0 Å². The molecule has 3 aromatic heterocycles. The first-order valence-electron chi connectivity index (χ1n) is 11.5. The van der Waals surface area contributed by atoms with Gasteiger partial charge in [0.2, 0.25) is 0 Å². The Morgan fingerprint density at radius 1 is 1.09 bits per heavy atom. The van der Waals surface area contributed by atoms with Gasteiger partial charge in [-0.1, -0.05) is 18.2 Å². The number of para-hydroxylation sites is 1. The standard InChI is InChI=1S/C27H27N5O3/c1-6-28-26(33)22-12-19-20(14-31(4)27(34)24(19)29-22)18-11-21-17(13-32(5)30-21)10-23(18)35-25-15(2)8-7-9-16(25)3/h7-14,29H,6H2,1-5H3,(H,28,33). The number of H-pyrrole nitrogens is 1. The summed E-state index contributed by atoms with van der Waals surface area (Å²) in [7, 11) is 3.57. The zero-order valence-corrected chi connectivity index (χ0v) is 20.4. The summed E-state index contributed by atoms with van der Waals surface area (Å²) in [6.07, 6.45) is 3.72. The molecule has 2 aromatic carbocycles. The van der Waals surface area contributed by atoms with Gasteiger partial charge in [0.05, 0.1) is 5.52 Å². The van der Waals surface area contributed by atoms with E-state index in [2.05, 4.69) is 15.4 Å². The van der Waals surface area contributed by atoms with Crippen LogP contribution in [0.15, 0.2) is 53.6 Å². The molecule has 8 nitrogen and oxygen atoms in total. The van der Waals surface area contributed by atoms with E-state index >= 15 is 0 Å². The zero-order valence-electron chi connectivity index (χ0n) is 20.4. The van der Waals surface area contributed by atoms with Crippen LogP contribution in [0, 0.1) is 13.8 Å². The molecule has 0 radical (unpaired) electrons. The fraction of sp³-hybridized carbons (Fsp3) is 0.222. The van der Waals surface area contributed by atoms with Crippen LogP contribution in [0.25, 0.3) is 32.9 Å². The summed E-state index contributed by atoms with van der Waals surface area (Å²) < 4.78 is 9.82. The maximum Gasteiger partial charge on any atom is 0.274 e. The van der Waals surface area contributed by atoms with Gasteiger partial charge in [0.15, 0.2) is 0 Å². The van der Waals surface area contributed by atoms with Crippen molar-refractivity contribution in [3.8, 4) is 22.6 Å². The fourth-order valence-corrected chi connectivity index (χ4v) is 4.47. The van der Waals surface area contributed by atoms with Crippen LogP contribution in [0.5, 0.6) is 11.5 Å². The van der Waals surface area contributed by atoms with Gasteiger partial charge in [0.1, 0.15) is 22.7 Å². The summed E-state index contributed by atoms with van der Waals surface area (Å²) in [6, 6.07) is 11.7. The van der Waals surface area contributed by atoms with Gasteiger partial charge >= 0.3 is 0 Å². The average molecular weight is 470 g/mol. The molecular weight excluding hydrogens is 442 g/mol. The highest BCUT2D eigenvalue weighted by atomic mass is 16.5. The highest BCUT2D eigenvalue weighted by Gasteiger charge is 2.20. The first kappa shape index (κ1) is 22.5. The third kappa shape index (κ3) is 3.86. The Hall–Kier alpha value is -4.33. The van der Waals surface area contributed by atoms with Gasteiger partial charge in [-0.3, -0.25) is 14.3 Å². The second-order valence-electron chi connectivity index (χ2n) is 8.82. The number of amides is 1. The Balaban J connectivity index is 1.79. The van der Waals surface area contributed by atoms with Crippen molar-refractivity contribution in [1.82, 2.24) is 24.6 Å². The second-order valence-corrected chi connectivity index (χ2v) is 8.82.